The van der Waals surface area contributed by atoms with E-state index in [1.165, 1.54) is 0 Å². The number of nitrogens with zero attached hydrogens (tertiary/aromatic N) is 1. The molecule has 1 aromatic heterocycles. The third kappa shape index (κ3) is 4.99. The lowest BCUT2D eigenvalue weighted by Crippen LogP contribution is -2.40. The topological polar surface area (TPSA) is 60.0 Å². The van der Waals surface area contributed by atoms with Crippen LogP contribution in [0.1, 0.15) is 50.0 Å². The zero-order valence-corrected chi connectivity index (χ0v) is 13.4. The smallest absolute Gasteiger partial charge is 0.268 e. The molecule has 1 rings (SSSR count). The van der Waals surface area contributed by atoms with E-state index in [4.69, 9.17) is 5.73 Å². The van der Waals surface area contributed by atoms with Gasteiger partial charge in [-0.3, -0.25) is 4.79 Å². The third-order valence-electron chi connectivity index (χ3n) is 3.09. The summed E-state index contributed by atoms with van der Waals surface area (Å²) in [7, 11) is 0. The number of rotatable bonds is 8. The number of unbranched alkanes of at least 4 members (excludes halogenated alkanes) is 1. The van der Waals surface area contributed by atoms with Gasteiger partial charge in [-0.1, -0.05) is 26.7 Å². The number of carbonyl (C=O) groups excluding carboxylic acids is 1. The monoisotopic (exact) mass is 329 g/mol. The van der Waals surface area contributed by atoms with E-state index in [1.807, 2.05) is 16.8 Å². The summed E-state index contributed by atoms with van der Waals surface area (Å²) in [5.41, 5.74) is 6.41. The number of aromatic nitrogens is 1. The Morgan fingerprint density at radius 3 is 2.79 bits per heavy atom. The van der Waals surface area contributed by atoms with Crippen molar-refractivity contribution < 1.29 is 4.79 Å². The Kier molecular flexibility index (Phi) is 7.16. The number of carbonyl (C=O) groups is 1. The van der Waals surface area contributed by atoms with Crippen LogP contribution in [0.3, 0.4) is 0 Å². The highest BCUT2D eigenvalue weighted by atomic mass is 79.9. The highest BCUT2D eigenvalue weighted by Crippen LogP contribution is 2.16. The van der Waals surface area contributed by atoms with Crippen LogP contribution >= 0.6 is 15.9 Å². The van der Waals surface area contributed by atoms with E-state index in [0.717, 1.165) is 36.7 Å². The predicted octanol–water partition coefficient (Wildman–Crippen LogP) is 2.91. The minimum atomic E-state index is -0.0364. The molecule has 0 fully saturated rings. The summed E-state index contributed by atoms with van der Waals surface area (Å²) in [6, 6.07) is 1.93. The van der Waals surface area contributed by atoms with Gasteiger partial charge in [0.1, 0.15) is 5.69 Å². The molecular weight excluding hydrogens is 306 g/mol. The van der Waals surface area contributed by atoms with Crippen molar-refractivity contribution in [1.29, 1.82) is 0 Å². The molecular formula is C14H24BrN3O. The van der Waals surface area contributed by atoms with Crippen LogP contribution in [0.15, 0.2) is 16.7 Å². The van der Waals surface area contributed by atoms with Crippen LogP contribution in [-0.2, 0) is 6.54 Å². The molecule has 0 aliphatic heterocycles. The first-order valence-corrected chi connectivity index (χ1v) is 7.78. The van der Waals surface area contributed by atoms with E-state index < -0.39 is 0 Å². The number of hydrogen-bond donors (Lipinski definition) is 2. The zero-order chi connectivity index (χ0) is 14.3. The molecule has 5 heteroatoms. The van der Waals surface area contributed by atoms with Crippen molar-refractivity contribution in [2.24, 2.45) is 5.73 Å². The summed E-state index contributed by atoms with van der Waals surface area (Å²) in [4.78, 5) is 12.3. The van der Waals surface area contributed by atoms with Gasteiger partial charge in [0.05, 0.1) is 0 Å². The first kappa shape index (κ1) is 16.2. The molecule has 0 saturated heterocycles. The summed E-state index contributed by atoms with van der Waals surface area (Å²) < 4.78 is 2.91. The molecule has 0 aromatic carbocycles. The summed E-state index contributed by atoms with van der Waals surface area (Å²) in [6.45, 7) is 5.57. The Balaban J connectivity index is 2.70. The molecule has 0 aliphatic rings. The molecule has 0 aliphatic carbocycles. The zero-order valence-electron chi connectivity index (χ0n) is 11.8. The van der Waals surface area contributed by atoms with Gasteiger partial charge in [-0.15, -0.1) is 0 Å². The molecule has 1 amide bonds. The fourth-order valence-corrected chi connectivity index (χ4v) is 2.51. The van der Waals surface area contributed by atoms with Crippen LogP contribution in [0.2, 0.25) is 0 Å². The normalized spacial score (nSPS) is 12.4. The van der Waals surface area contributed by atoms with Crippen molar-refractivity contribution in [3.05, 3.63) is 22.4 Å². The first-order chi connectivity index (χ1) is 9.12. The van der Waals surface area contributed by atoms with Crippen LogP contribution in [0.25, 0.3) is 0 Å². The molecule has 0 bridgehead atoms. The number of halogens is 1. The van der Waals surface area contributed by atoms with Crippen molar-refractivity contribution >= 4 is 21.8 Å². The second-order valence-electron chi connectivity index (χ2n) is 4.79. The number of amides is 1. The van der Waals surface area contributed by atoms with Gasteiger partial charge in [0, 0.05) is 29.8 Å². The molecule has 4 nitrogen and oxygen atoms in total. The van der Waals surface area contributed by atoms with E-state index in [0.29, 0.717) is 12.2 Å². The Morgan fingerprint density at radius 2 is 2.21 bits per heavy atom. The maximum Gasteiger partial charge on any atom is 0.268 e. The summed E-state index contributed by atoms with van der Waals surface area (Å²) in [5, 5.41) is 3.02. The molecule has 108 valence electrons. The van der Waals surface area contributed by atoms with E-state index in [1.54, 1.807) is 0 Å². The molecule has 1 unspecified atom stereocenters. The van der Waals surface area contributed by atoms with Crippen molar-refractivity contribution in [3.63, 3.8) is 0 Å². The molecule has 1 heterocycles. The van der Waals surface area contributed by atoms with E-state index in [9.17, 15) is 4.79 Å². The Labute approximate surface area is 123 Å². The van der Waals surface area contributed by atoms with E-state index in [-0.39, 0.29) is 11.9 Å². The van der Waals surface area contributed by atoms with Crippen molar-refractivity contribution in [3.8, 4) is 0 Å². The van der Waals surface area contributed by atoms with Crippen molar-refractivity contribution in [2.45, 2.75) is 52.1 Å². The molecule has 1 aromatic rings. The van der Waals surface area contributed by atoms with Crippen LogP contribution in [0.5, 0.6) is 0 Å². The van der Waals surface area contributed by atoms with Crippen molar-refractivity contribution in [2.75, 3.05) is 6.54 Å². The van der Waals surface area contributed by atoms with Gasteiger partial charge in [-0.05, 0) is 34.8 Å². The summed E-state index contributed by atoms with van der Waals surface area (Å²) in [6.07, 6.45) is 6.08. The largest absolute Gasteiger partial charge is 0.347 e. The summed E-state index contributed by atoms with van der Waals surface area (Å²) >= 11 is 3.42. The van der Waals surface area contributed by atoms with Gasteiger partial charge < -0.3 is 15.6 Å². The second-order valence-corrected chi connectivity index (χ2v) is 5.70. The molecule has 3 N–H and O–H groups in total. The number of nitrogens with one attached hydrogen (secondary N) is 1. The van der Waals surface area contributed by atoms with Gasteiger partial charge in [0.25, 0.3) is 5.91 Å². The molecule has 0 saturated carbocycles. The first-order valence-electron chi connectivity index (χ1n) is 6.98. The molecule has 0 spiro atoms. The van der Waals surface area contributed by atoms with Crippen molar-refractivity contribution in [1.82, 2.24) is 9.88 Å². The highest BCUT2D eigenvalue weighted by molar-refractivity contribution is 9.10. The van der Waals surface area contributed by atoms with Crippen LogP contribution in [-0.4, -0.2) is 23.1 Å². The Bertz CT molecular complexity index is 403. The lowest BCUT2D eigenvalue weighted by Gasteiger charge is -2.17. The number of aryl methyl sites for hydroxylation is 1. The maximum absolute atomic E-state index is 12.3. The average molecular weight is 330 g/mol. The second kappa shape index (κ2) is 8.38. The average Bonchev–Trinajstić information content (AvgIpc) is 2.76. The fraction of sp³-hybridized carbons (Fsp3) is 0.643. The minimum Gasteiger partial charge on any atom is -0.347 e. The van der Waals surface area contributed by atoms with E-state index >= 15 is 0 Å². The van der Waals surface area contributed by atoms with E-state index in [2.05, 4.69) is 35.1 Å². The maximum atomic E-state index is 12.3. The minimum absolute atomic E-state index is 0.0364. The van der Waals surface area contributed by atoms with Crippen LogP contribution < -0.4 is 11.1 Å². The Morgan fingerprint density at radius 1 is 1.47 bits per heavy atom. The van der Waals surface area contributed by atoms with Gasteiger partial charge in [-0.25, -0.2) is 0 Å². The van der Waals surface area contributed by atoms with Crippen LogP contribution in [0, 0.1) is 0 Å². The van der Waals surface area contributed by atoms with Gasteiger partial charge in [0.15, 0.2) is 0 Å². The summed E-state index contributed by atoms with van der Waals surface area (Å²) in [5.74, 6) is -0.0364. The lowest BCUT2D eigenvalue weighted by molar-refractivity contribution is 0.0926. The predicted molar refractivity (Wildman–Crippen MR) is 82.3 cm³/mol. The SMILES string of the molecule is CCCCC(CN)NC(=O)c1cc(Br)cn1CCC. The van der Waals surface area contributed by atoms with Crippen LogP contribution in [0.4, 0.5) is 0 Å². The molecule has 1 atom stereocenters. The third-order valence-corrected chi connectivity index (χ3v) is 3.52. The quantitative estimate of drug-likeness (QED) is 0.770. The standard InChI is InChI=1S/C14H24BrN3O/c1-3-5-6-12(9-16)17-14(19)13-8-11(15)10-18(13)7-4-2/h8,10,12H,3-7,9,16H2,1-2H3,(H,17,19). The lowest BCUT2D eigenvalue weighted by atomic mass is 10.1. The van der Waals surface area contributed by atoms with Gasteiger partial charge in [0.2, 0.25) is 0 Å². The van der Waals surface area contributed by atoms with Gasteiger partial charge >= 0.3 is 0 Å². The fourth-order valence-electron chi connectivity index (χ4n) is 2.05. The molecule has 19 heavy (non-hydrogen) atoms. The number of nitrogens with two attached hydrogens (primary N) is 1. The highest BCUT2D eigenvalue weighted by Gasteiger charge is 2.16. The van der Waals surface area contributed by atoms with Gasteiger partial charge in [-0.2, -0.15) is 0 Å². The Hall–Kier alpha value is -0.810. The molecule has 0 radical (unpaired) electrons. The number of hydrogen-bond acceptors (Lipinski definition) is 2.